The Morgan fingerprint density at radius 3 is 1.14 bits per heavy atom. The van der Waals surface area contributed by atoms with Gasteiger partial charge in [0.15, 0.2) is 0 Å². The highest BCUT2D eigenvalue weighted by Crippen LogP contribution is 2.08. The van der Waals surface area contributed by atoms with Crippen LogP contribution in [0.5, 0.6) is 0 Å². The van der Waals surface area contributed by atoms with Gasteiger partial charge in [0.05, 0.1) is 85.7 Å². The maximum Gasteiger partial charge on any atom is 0.372 e. The Morgan fingerprint density at radius 2 is 0.762 bits per heavy atom. The molecule has 0 aromatic heterocycles. The fourth-order valence-corrected chi connectivity index (χ4v) is 3.32. The molecule has 0 bridgehead atoms. The minimum absolute atomic E-state index is 0.0140. The third kappa shape index (κ3) is 30.8. The van der Waals surface area contributed by atoms with E-state index in [0.29, 0.717) is 79.1 Å². The zero-order valence-corrected chi connectivity index (χ0v) is 25.3. The number of Topliss-reactive ketones (excluding diaryl/α,β-unsaturated/α-hetero) is 1. The van der Waals surface area contributed by atoms with Gasteiger partial charge in [-0.3, -0.25) is 14.4 Å². The summed E-state index contributed by atoms with van der Waals surface area (Å²) >= 11 is 0. The van der Waals surface area contributed by atoms with Crippen molar-refractivity contribution >= 4 is 23.7 Å². The van der Waals surface area contributed by atoms with Crippen LogP contribution in [0.25, 0.3) is 0 Å². The largest absolute Gasteiger partial charge is 0.476 e. The summed E-state index contributed by atoms with van der Waals surface area (Å²) in [5.41, 5.74) is 0. The Morgan fingerprint density at radius 1 is 0.429 bits per heavy atom. The van der Waals surface area contributed by atoms with Gasteiger partial charge in [0, 0.05) is 12.8 Å². The van der Waals surface area contributed by atoms with Crippen LogP contribution >= 0.6 is 0 Å². The monoisotopic (exact) mass is 608 g/mol. The minimum atomic E-state index is -1.56. The molecule has 13 nitrogen and oxygen atoms in total. The molecule has 0 amide bonds. The first-order chi connectivity index (χ1) is 20.5. The number of aliphatic carboxylic acids is 1. The molecule has 0 saturated carbocycles. The highest BCUT2D eigenvalue weighted by molar-refractivity contribution is 6.32. The maximum atomic E-state index is 11.7. The van der Waals surface area contributed by atoms with Gasteiger partial charge in [-0.15, -0.1) is 0 Å². The van der Waals surface area contributed by atoms with E-state index in [4.69, 9.17) is 43.0 Å². The standard InChI is InChI=1S/C29H52O13/c1-2-3-4-5-6-7-8-9-27(31)41-24-22-39-20-18-37-16-14-35-12-13-36-15-17-38-19-21-40-23-25-42-28(32)11-10-26(30)29(33)34/h2-25H2,1H3,(H,33,34). The Labute approximate surface area is 249 Å². The van der Waals surface area contributed by atoms with Crippen LogP contribution in [-0.4, -0.2) is 121 Å². The fraction of sp³-hybridized carbons (Fsp3) is 0.862. The predicted octanol–water partition coefficient (Wildman–Crippen LogP) is 2.75. The van der Waals surface area contributed by atoms with Crippen LogP contribution < -0.4 is 0 Å². The van der Waals surface area contributed by atoms with Gasteiger partial charge in [0.2, 0.25) is 5.78 Å². The van der Waals surface area contributed by atoms with E-state index in [1.807, 2.05) is 0 Å². The number of esters is 2. The van der Waals surface area contributed by atoms with Gasteiger partial charge in [-0.1, -0.05) is 45.4 Å². The molecule has 13 heteroatoms. The smallest absolute Gasteiger partial charge is 0.372 e. The molecule has 42 heavy (non-hydrogen) atoms. The fourth-order valence-electron chi connectivity index (χ4n) is 3.32. The number of ketones is 1. The summed E-state index contributed by atoms with van der Waals surface area (Å²) < 4.78 is 42.2. The topological polar surface area (TPSA) is 162 Å². The van der Waals surface area contributed by atoms with E-state index in [9.17, 15) is 19.2 Å². The van der Waals surface area contributed by atoms with Gasteiger partial charge in [0.25, 0.3) is 0 Å². The van der Waals surface area contributed by atoms with Crippen molar-refractivity contribution in [3.05, 3.63) is 0 Å². The molecule has 0 fully saturated rings. The molecule has 0 aliphatic rings. The van der Waals surface area contributed by atoms with Crippen LogP contribution in [0.2, 0.25) is 0 Å². The molecule has 0 radical (unpaired) electrons. The maximum absolute atomic E-state index is 11.7. The first-order valence-electron chi connectivity index (χ1n) is 15.0. The quantitative estimate of drug-likeness (QED) is 0.0658. The highest BCUT2D eigenvalue weighted by atomic mass is 16.6. The molecule has 0 saturated heterocycles. The molecule has 0 spiro atoms. The lowest BCUT2D eigenvalue weighted by atomic mass is 10.1. The van der Waals surface area contributed by atoms with E-state index < -0.39 is 17.7 Å². The SMILES string of the molecule is CCCCCCCCCC(=O)OCCOCCOCCOCCOCCOCCOCCOC(=O)CCC(=O)C(=O)O. The van der Waals surface area contributed by atoms with Crippen molar-refractivity contribution in [3.8, 4) is 0 Å². The summed E-state index contributed by atoms with van der Waals surface area (Å²) in [4.78, 5) is 44.3. The van der Waals surface area contributed by atoms with Gasteiger partial charge >= 0.3 is 17.9 Å². The minimum Gasteiger partial charge on any atom is -0.476 e. The summed E-state index contributed by atoms with van der Waals surface area (Å²) in [6, 6.07) is 0. The van der Waals surface area contributed by atoms with Crippen molar-refractivity contribution in [2.75, 3.05) is 92.5 Å². The van der Waals surface area contributed by atoms with Gasteiger partial charge in [-0.05, 0) is 6.42 Å². The van der Waals surface area contributed by atoms with Crippen LogP contribution in [0.1, 0.15) is 71.1 Å². The second-order valence-corrected chi connectivity index (χ2v) is 9.21. The lowest BCUT2D eigenvalue weighted by Crippen LogP contribution is -2.17. The van der Waals surface area contributed by atoms with Gasteiger partial charge < -0.3 is 43.0 Å². The van der Waals surface area contributed by atoms with Gasteiger partial charge in [0.1, 0.15) is 13.2 Å². The number of carbonyl (C=O) groups is 4. The number of unbranched alkanes of at least 4 members (excludes halogenated alkanes) is 6. The predicted molar refractivity (Wildman–Crippen MR) is 151 cm³/mol. The molecule has 0 rings (SSSR count). The molecule has 0 aliphatic carbocycles. The molecule has 0 atom stereocenters. The number of hydrogen-bond donors (Lipinski definition) is 1. The second kappa shape index (κ2) is 31.8. The summed E-state index contributed by atoms with van der Waals surface area (Å²) in [7, 11) is 0. The number of hydrogen-bond acceptors (Lipinski definition) is 12. The molecule has 0 aliphatic heterocycles. The van der Waals surface area contributed by atoms with Crippen molar-refractivity contribution in [2.45, 2.75) is 71.1 Å². The number of carboxylic acid groups (broad SMARTS) is 1. The number of ether oxygens (including phenoxy) is 8. The zero-order chi connectivity index (χ0) is 30.9. The van der Waals surface area contributed by atoms with Crippen molar-refractivity contribution in [2.24, 2.45) is 0 Å². The molecule has 0 unspecified atom stereocenters. The van der Waals surface area contributed by atoms with E-state index >= 15 is 0 Å². The normalized spacial score (nSPS) is 11.0. The lowest BCUT2D eigenvalue weighted by Gasteiger charge is -2.09. The Balaban J connectivity index is 3.20. The van der Waals surface area contributed by atoms with Crippen LogP contribution in [-0.2, 0) is 57.1 Å². The van der Waals surface area contributed by atoms with E-state index in [-0.39, 0.29) is 38.6 Å². The molecule has 0 aromatic carbocycles. The Bertz CT molecular complexity index is 672. The van der Waals surface area contributed by atoms with E-state index in [2.05, 4.69) is 6.92 Å². The number of rotatable bonds is 33. The number of carboxylic acids is 1. The highest BCUT2D eigenvalue weighted by Gasteiger charge is 2.14. The summed E-state index contributed by atoms with van der Waals surface area (Å²) in [5, 5.41) is 8.43. The molecule has 0 heterocycles. The summed E-state index contributed by atoms with van der Waals surface area (Å²) in [6.07, 6.45) is 8.03. The first-order valence-corrected chi connectivity index (χ1v) is 15.0. The van der Waals surface area contributed by atoms with Crippen LogP contribution in [0.3, 0.4) is 0 Å². The molecule has 0 aromatic rings. The second-order valence-electron chi connectivity index (χ2n) is 9.21. The first kappa shape index (κ1) is 39.8. The van der Waals surface area contributed by atoms with E-state index in [0.717, 1.165) is 12.8 Å². The molecule has 1 N–H and O–H groups in total. The van der Waals surface area contributed by atoms with E-state index in [1.165, 1.54) is 32.1 Å². The third-order valence-corrected chi connectivity index (χ3v) is 5.62. The van der Waals surface area contributed by atoms with Crippen LogP contribution in [0.4, 0.5) is 0 Å². The van der Waals surface area contributed by atoms with Crippen molar-refractivity contribution < 1.29 is 62.2 Å². The molecular weight excluding hydrogens is 556 g/mol. The Hall–Kier alpha value is -2.16. The van der Waals surface area contributed by atoms with Crippen LogP contribution in [0.15, 0.2) is 0 Å². The lowest BCUT2D eigenvalue weighted by molar-refractivity contribution is -0.151. The third-order valence-electron chi connectivity index (χ3n) is 5.62. The zero-order valence-electron chi connectivity index (χ0n) is 25.3. The average Bonchev–Trinajstić information content (AvgIpc) is 2.97. The summed E-state index contributed by atoms with van der Waals surface area (Å²) in [6.45, 7) is 7.13. The molecule has 246 valence electrons. The van der Waals surface area contributed by atoms with Crippen molar-refractivity contribution in [3.63, 3.8) is 0 Å². The van der Waals surface area contributed by atoms with Gasteiger partial charge in [-0.2, -0.15) is 0 Å². The van der Waals surface area contributed by atoms with Crippen molar-refractivity contribution in [1.82, 2.24) is 0 Å². The Kier molecular flexibility index (Phi) is 30.1. The van der Waals surface area contributed by atoms with E-state index in [1.54, 1.807) is 0 Å². The summed E-state index contributed by atoms with van der Waals surface area (Å²) in [5.74, 6) is -3.40. The van der Waals surface area contributed by atoms with Gasteiger partial charge in [-0.25, -0.2) is 4.79 Å². The average molecular weight is 609 g/mol. The van der Waals surface area contributed by atoms with Crippen LogP contribution in [0, 0.1) is 0 Å². The van der Waals surface area contributed by atoms with Crippen molar-refractivity contribution in [1.29, 1.82) is 0 Å². The molecular formula is C29H52O13. The number of carbonyl (C=O) groups excluding carboxylic acids is 3.